The molecule has 1 atom stereocenters. The fourth-order valence-electron chi connectivity index (χ4n) is 3.44. The molecule has 3 rings (SSSR count). The molecule has 0 bridgehead atoms. The lowest BCUT2D eigenvalue weighted by atomic mass is 10.1. The van der Waals surface area contributed by atoms with E-state index in [4.69, 9.17) is 9.47 Å². The number of urea groups is 1. The Morgan fingerprint density at radius 3 is 2.41 bits per heavy atom. The highest BCUT2D eigenvalue weighted by Crippen LogP contribution is 2.26. The summed E-state index contributed by atoms with van der Waals surface area (Å²) in [6.07, 6.45) is 2.39. The van der Waals surface area contributed by atoms with Crippen molar-refractivity contribution in [3.8, 4) is 11.5 Å². The Hall–Kier alpha value is -2.73. The molecule has 1 saturated heterocycles. The summed E-state index contributed by atoms with van der Waals surface area (Å²) >= 11 is 0. The lowest BCUT2D eigenvalue weighted by Gasteiger charge is -2.28. The molecule has 2 aromatic carbocycles. The van der Waals surface area contributed by atoms with E-state index in [9.17, 15) is 4.79 Å². The Kier molecular flexibility index (Phi) is 6.54. The van der Waals surface area contributed by atoms with E-state index in [1.54, 1.807) is 14.2 Å². The van der Waals surface area contributed by atoms with Gasteiger partial charge in [0.1, 0.15) is 11.5 Å². The van der Waals surface area contributed by atoms with E-state index in [-0.39, 0.29) is 12.1 Å². The molecule has 6 heteroatoms. The van der Waals surface area contributed by atoms with Gasteiger partial charge >= 0.3 is 6.03 Å². The summed E-state index contributed by atoms with van der Waals surface area (Å²) in [6.45, 7) is 2.63. The molecule has 1 heterocycles. The zero-order valence-corrected chi connectivity index (χ0v) is 15.9. The van der Waals surface area contributed by atoms with Gasteiger partial charge in [-0.3, -0.25) is 4.90 Å². The number of para-hydroxylation sites is 2. The highest BCUT2D eigenvalue weighted by atomic mass is 16.5. The van der Waals surface area contributed by atoms with E-state index >= 15 is 0 Å². The summed E-state index contributed by atoms with van der Waals surface area (Å²) in [7, 11) is 3.25. The fraction of sp³-hybridized carbons (Fsp3) is 0.381. The van der Waals surface area contributed by atoms with E-state index < -0.39 is 0 Å². The van der Waals surface area contributed by atoms with Crippen LogP contribution in [0.15, 0.2) is 48.5 Å². The maximum Gasteiger partial charge on any atom is 0.319 e. The number of nitrogens with one attached hydrogen (secondary N) is 2. The molecule has 2 N–H and O–H groups in total. The monoisotopic (exact) mass is 369 g/mol. The first kappa shape index (κ1) is 19.0. The largest absolute Gasteiger partial charge is 0.497 e. The van der Waals surface area contributed by atoms with Crippen molar-refractivity contribution < 1.29 is 14.3 Å². The number of hydrogen-bond donors (Lipinski definition) is 2. The molecule has 0 radical (unpaired) electrons. The number of ether oxygens (including phenoxy) is 2. The molecule has 2 amide bonds. The number of rotatable bonds is 7. The Labute approximate surface area is 160 Å². The van der Waals surface area contributed by atoms with E-state index in [1.807, 2.05) is 36.4 Å². The van der Waals surface area contributed by atoms with Crippen LogP contribution in [0.1, 0.15) is 24.4 Å². The van der Waals surface area contributed by atoms with Crippen LogP contribution in [0.2, 0.25) is 0 Å². The standard InChI is InChI=1S/C21H27N3O3/c1-26-17-11-9-16(10-12-17)19(24-13-5-6-14-24)15-22-21(25)23-18-7-3-4-8-20(18)27-2/h3-4,7-12,19H,5-6,13-15H2,1-2H3,(H2,22,23,25). The summed E-state index contributed by atoms with van der Waals surface area (Å²) in [5.41, 5.74) is 1.83. The predicted molar refractivity (Wildman–Crippen MR) is 107 cm³/mol. The first-order valence-corrected chi connectivity index (χ1v) is 9.27. The number of benzene rings is 2. The average Bonchev–Trinajstić information content (AvgIpc) is 3.23. The first-order chi connectivity index (χ1) is 13.2. The molecule has 1 fully saturated rings. The molecular formula is C21H27N3O3. The highest BCUT2D eigenvalue weighted by molar-refractivity contribution is 5.90. The van der Waals surface area contributed by atoms with E-state index in [1.165, 1.54) is 18.4 Å². The third-order valence-corrected chi connectivity index (χ3v) is 4.89. The molecule has 6 nitrogen and oxygen atoms in total. The Balaban J connectivity index is 1.65. The van der Waals surface area contributed by atoms with Crippen LogP contribution in [-0.4, -0.2) is 44.8 Å². The summed E-state index contributed by atoms with van der Waals surface area (Å²) in [4.78, 5) is 14.8. The van der Waals surface area contributed by atoms with Crippen LogP contribution in [0.5, 0.6) is 11.5 Å². The molecule has 1 unspecified atom stereocenters. The van der Waals surface area contributed by atoms with Crippen LogP contribution < -0.4 is 20.1 Å². The minimum absolute atomic E-state index is 0.141. The van der Waals surface area contributed by atoms with E-state index in [2.05, 4.69) is 27.7 Å². The molecule has 0 aliphatic carbocycles. The van der Waals surface area contributed by atoms with Gasteiger partial charge in [-0.05, 0) is 55.8 Å². The summed E-state index contributed by atoms with van der Waals surface area (Å²) in [5.74, 6) is 1.47. The zero-order chi connectivity index (χ0) is 19.1. The lowest BCUT2D eigenvalue weighted by Crippen LogP contribution is -2.38. The van der Waals surface area contributed by atoms with Gasteiger partial charge in [-0.15, -0.1) is 0 Å². The zero-order valence-electron chi connectivity index (χ0n) is 15.9. The SMILES string of the molecule is COc1ccc(C(CNC(=O)Nc2ccccc2OC)N2CCCC2)cc1. The number of carbonyl (C=O) groups excluding carboxylic acids is 1. The molecule has 144 valence electrons. The molecule has 0 saturated carbocycles. The average molecular weight is 369 g/mol. The van der Waals surface area contributed by atoms with Crippen molar-refractivity contribution in [1.29, 1.82) is 0 Å². The minimum atomic E-state index is -0.239. The van der Waals surface area contributed by atoms with Crippen LogP contribution in [0.3, 0.4) is 0 Å². The predicted octanol–water partition coefficient (Wildman–Crippen LogP) is 3.66. The number of anilines is 1. The third kappa shape index (κ3) is 4.92. The number of carbonyl (C=O) groups is 1. The maximum absolute atomic E-state index is 12.4. The van der Waals surface area contributed by atoms with E-state index in [0.29, 0.717) is 18.0 Å². The van der Waals surface area contributed by atoms with Gasteiger partial charge in [-0.2, -0.15) is 0 Å². The lowest BCUT2D eigenvalue weighted by molar-refractivity contribution is 0.227. The number of likely N-dealkylation sites (tertiary alicyclic amines) is 1. The van der Waals surface area contributed by atoms with Crippen molar-refractivity contribution >= 4 is 11.7 Å². The van der Waals surface area contributed by atoms with Crippen molar-refractivity contribution in [2.75, 3.05) is 39.2 Å². The molecular weight excluding hydrogens is 342 g/mol. The Morgan fingerprint density at radius 1 is 1.04 bits per heavy atom. The van der Waals surface area contributed by atoms with Crippen molar-refractivity contribution in [2.24, 2.45) is 0 Å². The van der Waals surface area contributed by atoms with Crippen molar-refractivity contribution in [3.05, 3.63) is 54.1 Å². The van der Waals surface area contributed by atoms with Gasteiger partial charge in [0.2, 0.25) is 0 Å². The number of amides is 2. The van der Waals surface area contributed by atoms with Crippen molar-refractivity contribution in [2.45, 2.75) is 18.9 Å². The summed E-state index contributed by atoms with van der Waals surface area (Å²) in [5, 5.41) is 5.87. The van der Waals surface area contributed by atoms with Crippen LogP contribution in [0.25, 0.3) is 0 Å². The second kappa shape index (κ2) is 9.28. The highest BCUT2D eigenvalue weighted by Gasteiger charge is 2.24. The van der Waals surface area contributed by atoms with Gasteiger partial charge in [0, 0.05) is 6.54 Å². The van der Waals surface area contributed by atoms with Crippen LogP contribution in [0.4, 0.5) is 10.5 Å². The molecule has 2 aromatic rings. The first-order valence-electron chi connectivity index (χ1n) is 9.27. The quantitative estimate of drug-likeness (QED) is 0.782. The van der Waals surface area contributed by atoms with Crippen LogP contribution in [0, 0.1) is 0 Å². The van der Waals surface area contributed by atoms with Gasteiger partial charge in [-0.1, -0.05) is 24.3 Å². The second-order valence-corrected chi connectivity index (χ2v) is 6.57. The Morgan fingerprint density at radius 2 is 1.74 bits per heavy atom. The second-order valence-electron chi connectivity index (χ2n) is 6.57. The fourth-order valence-corrected chi connectivity index (χ4v) is 3.44. The van der Waals surface area contributed by atoms with Gasteiger partial charge in [-0.25, -0.2) is 4.79 Å². The van der Waals surface area contributed by atoms with Gasteiger partial charge in [0.15, 0.2) is 0 Å². The molecule has 1 aliphatic heterocycles. The molecule has 27 heavy (non-hydrogen) atoms. The summed E-state index contributed by atoms with van der Waals surface area (Å²) < 4.78 is 10.5. The number of hydrogen-bond acceptors (Lipinski definition) is 4. The topological polar surface area (TPSA) is 62.8 Å². The number of nitrogens with zero attached hydrogens (tertiary/aromatic N) is 1. The van der Waals surface area contributed by atoms with Crippen molar-refractivity contribution in [3.63, 3.8) is 0 Å². The maximum atomic E-state index is 12.4. The van der Waals surface area contributed by atoms with Crippen LogP contribution in [-0.2, 0) is 0 Å². The number of methoxy groups -OCH3 is 2. The van der Waals surface area contributed by atoms with E-state index in [0.717, 1.165) is 18.8 Å². The Bertz CT molecular complexity index is 743. The smallest absolute Gasteiger partial charge is 0.319 e. The third-order valence-electron chi connectivity index (χ3n) is 4.89. The van der Waals surface area contributed by atoms with Gasteiger partial charge < -0.3 is 20.1 Å². The van der Waals surface area contributed by atoms with Crippen LogP contribution >= 0.6 is 0 Å². The minimum Gasteiger partial charge on any atom is -0.497 e. The summed E-state index contributed by atoms with van der Waals surface area (Å²) in [6, 6.07) is 15.3. The molecule has 0 spiro atoms. The normalized spacial score (nSPS) is 15.2. The molecule has 1 aliphatic rings. The van der Waals surface area contributed by atoms with Gasteiger partial charge in [0.05, 0.1) is 25.9 Å². The van der Waals surface area contributed by atoms with Crippen molar-refractivity contribution in [1.82, 2.24) is 10.2 Å². The molecule has 0 aromatic heterocycles. The van der Waals surface area contributed by atoms with Gasteiger partial charge in [0.25, 0.3) is 0 Å².